The number of ether oxygens (including phenoxy) is 1. The molecule has 2 aliphatic rings. The first kappa shape index (κ1) is 18.0. The van der Waals surface area contributed by atoms with Crippen molar-refractivity contribution in [3.8, 4) is 5.75 Å². The molecule has 0 saturated heterocycles. The molecular formula is C25H26ClNO. The zero-order chi connectivity index (χ0) is 19.1. The van der Waals surface area contributed by atoms with Crippen LogP contribution in [0.25, 0.3) is 10.8 Å². The van der Waals surface area contributed by atoms with Crippen molar-refractivity contribution >= 4 is 22.4 Å². The van der Waals surface area contributed by atoms with Crippen LogP contribution in [0.5, 0.6) is 5.75 Å². The van der Waals surface area contributed by atoms with Gasteiger partial charge < -0.3 is 10.1 Å². The van der Waals surface area contributed by atoms with Crippen LogP contribution in [0.2, 0.25) is 5.02 Å². The fourth-order valence-electron chi connectivity index (χ4n) is 5.14. The first-order valence-corrected chi connectivity index (χ1v) is 10.7. The van der Waals surface area contributed by atoms with Crippen molar-refractivity contribution in [1.29, 1.82) is 0 Å². The van der Waals surface area contributed by atoms with E-state index in [1.807, 2.05) is 6.07 Å². The Balaban J connectivity index is 1.46. The van der Waals surface area contributed by atoms with E-state index in [-0.39, 0.29) is 5.60 Å². The van der Waals surface area contributed by atoms with E-state index in [2.05, 4.69) is 60.8 Å². The van der Waals surface area contributed by atoms with Gasteiger partial charge in [0.15, 0.2) is 0 Å². The Bertz CT molecular complexity index is 1020. The predicted molar refractivity (Wildman–Crippen MR) is 116 cm³/mol. The lowest BCUT2D eigenvalue weighted by atomic mass is 9.83. The van der Waals surface area contributed by atoms with Crippen molar-refractivity contribution in [2.75, 3.05) is 0 Å². The van der Waals surface area contributed by atoms with Crippen LogP contribution in [0, 0.1) is 6.92 Å². The second-order valence-corrected chi connectivity index (χ2v) is 8.80. The number of halogens is 1. The average Bonchev–Trinajstić information content (AvgIpc) is 3.16. The fourth-order valence-corrected chi connectivity index (χ4v) is 5.43. The van der Waals surface area contributed by atoms with Crippen LogP contribution in [0.15, 0.2) is 54.6 Å². The maximum atomic E-state index is 6.73. The SMILES string of the molecule is Cc1cc(Cl)cc2c1OC1(CCCC1)C(NCc1cccc3ccccc13)C2. The summed E-state index contributed by atoms with van der Waals surface area (Å²) in [7, 11) is 0. The van der Waals surface area contributed by atoms with Crippen LogP contribution in [-0.4, -0.2) is 11.6 Å². The molecule has 1 aliphatic heterocycles. The Morgan fingerprint density at radius 2 is 1.86 bits per heavy atom. The van der Waals surface area contributed by atoms with Crippen LogP contribution in [0.4, 0.5) is 0 Å². The summed E-state index contributed by atoms with van der Waals surface area (Å²) in [6, 6.07) is 19.6. The summed E-state index contributed by atoms with van der Waals surface area (Å²) in [5, 5.41) is 7.30. The van der Waals surface area contributed by atoms with Crippen molar-refractivity contribution in [2.45, 2.75) is 57.2 Å². The maximum Gasteiger partial charge on any atom is 0.126 e. The van der Waals surface area contributed by atoms with Gasteiger partial charge in [-0.2, -0.15) is 0 Å². The highest BCUT2D eigenvalue weighted by Crippen LogP contribution is 2.45. The van der Waals surface area contributed by atoms with E-state index in [0.717, 1.165) is 42.1 Å². The van der Waals surface area contributed by atoms with Gasteiger partial charge in [-0.1, -0.05) is 54.1 Å². The third-order valence-corrected chi connectivity index (χ3v) is 6.77. The van der Waals surface area contributed by atoms with Gasteiger partial charge in [0.1, 0.15) is 11.4 Å². The van der Waals surface area contributed by atoms with E-state index < -0.39 is 0 Å². The smallest absolute Gasteiger partial charge is 0.126 e. The molecule has 3 heteroatoms. The Kier molecular flexibility index (Phi) is 4.57. The van der Waals surface area contributed by atoms with Crippen LogP contribution >= 0.6 is 11.6 Å². The summed E-state index contributed by atoms with van der Waals surface area (Å²) in [5.74, 6) is 1.06. The van der Waals surface area contributed by atoms with Gasteiger partial charge in [-0.25, -0.2) is 0 Å². The van der Waals surface area contributed by atoms with Gasteiger partial charge in [0, 0.05) is 11.6 Å². The number of fused-ring (bicyclic) bond motifs is 2. The molecule has 1 aliphatic carbocycles. The van der Waals surface area contributed by atoms with E-state index in [1.54, 1.807) is 0 Å². The quantitative estimate of drug-likeness (QED) is 0.573. The lowest BCUT2D eigenvalue weighted by Crippen LogP contribution is -2.56. The average molecular weight is 392 g/mol. The van der Waals surface area contributed by atoms with Crippen LogP contribution in [-0.2, 0) is 13.0 Å². The number of benzene rings is 3. The van der Waals surface area contributed by atoms with Crippen molar-refractivity contribution in [1.82, 2.24) is 5.32 Å². The standard InChI is InChI=1S/C25H26ClNO/c1-17-13-21(26)14-20-15-23(25(28-24(17)20)11-4-5-12-25)27-16-19-9-6-8-18-7-2-3-10-22(18)19/h2-3,6-10,13-14,23,27H,4-5,11-12,15-16H2,1H3. The lowest BCUT2D eigenvalue weighted by molar-refractivity contribution is 0.0183. The van der Waals surface area contributed by atoms with Gasteiger partial charge in [0.25, 0.3) is 0 Å². The van der Waals surface area contributed by atoms with E-state index in [4.69, 9.17) is 16.3 Å². The molecule has 3 aromatic rings. The minimum atomic E-state index is -0.0871. The lowest BCUT2D eigenvalue weighted by Gasteiger charge is -2.43. The number of nitrogens with one attached hydrogen (secondary N) is 1. The van der Waals surface area contributed by atoms with Gasteiger partial charge >= 0.3 is 0 Å². The van der Waals surface area contributed by atoms with E-state index >= 15 is 0 Å². The minimum absolute atomic E-state index is 0.0871. The summed E-state index contributed by atoms with van der Waals surface area (Å²) in [6.07, 6.45) is 5.72. The molecule has 5 rings (SSSR count). The fraction of sp³-hybridized carbons (Fsp3) is 0.360. The highest BCUT2D eigenvalue weighted by Gasteiger charge is 2.47. The second kappa shape index (κ2) is 7.09. The third-order valence-electron chi connectivity index (χ3n) is 6.55. The molecule has 28 heavy (non-hydrogen) atoms. The Morgan fingerprint density at radius 3 is 2.71 bits per heavy atom. The molecule has 1 unspecified atom stereocenters. The molecule has 3 aromatic carbocycles. The van der Waals surface area contributed by atoms with Gasteiger partial charge in [-0.05, 0) is 78.6 Å². The van der Waals surface area contributed by atoms with Gasteiger partial charge in [0.05, 0.1) is 6.04 Å². The van der Waals surface area contributed by atoms with E-state index in [0.29, 0.717) is 6.04 Å². The summed E-state index contributed by atoms with van der Waals surface area (Å²) in [5.41, 5.74) is 3.65. The molecule has 1 N–H and O–H groups in total. The number of hydrogen-bond donors (Lipinski definition) is 1. The predicted octanol–water partition coefficient (Wildman–Crippen LogP) is 6.21. The van der Waals surface area contributed by atoms with Crippen LogP contribution in [0.3, 0.4) is 0 Å². The van der Waals surface area contributed by atoms with Gasteiger partial charge in [-0.15, -0.1) is 0 Å². The summed E-state index contributed by atoms with van der Waals surface area (Å²) >= 11 is 6.34. The molecule has 1 fully saturated rings. The summed E-state index contributed by atoms with van der Waals surface area (Å²) < 4.78 is 6.73. The molecule has 144 valence electrons. The van der Waals surface area contributed by atoms with Crippen molar-refractivity contribution in [2.24, 2.45) is 0 Å². The molecule has 0 aromatic heterocycles. The first-order chi connectivity index (χ1) is 13.6. The van der Waals surface area contributed by atoms with E-state index in [1.165, 1.54) is 34.7 Å². The van der Waals surface area contributed by atoms with E-state index in [9.17, 15) is 0 Å². The monoisotopic (exact) mass is 391 g/mol. The van der Waals surface area contributed by atoms with Crippen LogP contribution < -0.4 is 10.1 Å². The Morgan fingerprint density at radius 1 is 1.07 bits per heavy atom. The minimum Gasteiger partial charge on any atom is -0.485 e. The molecule has 1 spiro atoms. The molecule has 2 nitrogen and oxygen atoms in total. The number of hydrogen-bond acceptors (Lipinski definition) is 2. The largest absolute Gasteiger partial charge is 0.485 e. The van der Waals surface area contributed by atoms with Gasteiger partial charge in [0.2, 0.25) is 0 Å². The normalized spacial score (nSPS) is 20.3. The van der Waals surface area contributed by atoms with Crippen molar-refractivity contribution in [3.63, 3.8) is 0 Å². The zero-order valence-electron chi connectivity index (χ0n) is 16.3. The van der Waals surface area contributed by atoms with Crippen LogP contribution in [0.1, 0.15) is 42.4 Å². The zero-order valence-corrected chi connectivity index (χ0v) is 17.1. The molecular weight excluding hydrogens is 366 g/mol. The topological polar surface area (TPSA) is 21.3 Å². The molecule has 1 heterocycles. The molecule has 1 saturated carbocycles. The number of rotatable bonds is 3. The molecule has 0 radical (unpaired) electrons. The van der Waals surface area contributed by atoms with Gasteiger partial charge in [-0.3, -0.25) is 0 Å². The van der Waals surface area contributed by atoms with Crippen molar-refractivity contribution < 1.29 is 4.74 Å². The molecule has 1 atom stereocenters. The first-order valence-electron chi connectivity index (χ1n) is 10.3. The Hall–Kier alpha value is -2.03. The third kappa shape index (κ3) is 3.09. The summed E-state index contributed by atoms with van der Waals surface area (Å²) in [4.78, 5) is 0. The Labute approximate surface area is 171 Å². The summed E-state index contributed by atoms with van der Waals surface area (Å²) in [6.45, 7) is 2.96. The van der Waals surface area contributed by atoms with Crippen molar-refractivity contribution in [3.05, 3.63) is 76.3 Å². The molecule has 0 amide bonds. The maximum absolute atomic E-state index is 6.73. The molecule has 0 bridgehead atoms. The number of aryl methyl sites for hydroxylation is 1. The highest BCUT2D eigenvalue weighted by molar-refractivity contribution is 6.30. The highest BCUT2D eigenvalue weighted by atomic mass is 35.5. The second-order valence-electron chi connectivity index (χ2n) is 8.36.